The van der Waals surface area contributed by atoms with Gasteiger partial charge in [-0.1, -0.05) is 51.5 Å². The molecule has 0 heterocycles. The Kier molecular flexibility index (Phi) is 11.1. The standard InChI is InChI=1S/C14H26OS/c1-4-5-6-7-8-9-10-14(16-3)12-11-13(2)15/h11-12,14H,4-10H2,1-3H3/b12-11+. The van der Waals surface area contributed by atoms with E-state index in [0.29, 0.717) is 5.25 Å². The quantitative estimate of drug-likeness (QED) is 0.411. The van der Waals surface area contributed by atoms with Gasteiger partial charge in [0.15, 0.2) is 5.78 Å². The zero-order valence-corrected chi connectivity index (χ0v) is 11.8. The van der Waals surface area contributed by atoms with Crippen LogP contribution in [0, 0.1) is 0 Å². The van der Waals surface area contributed by atoms with Crippen LogP contribution >= 0.6 is 11.8 Å². The van der Waals surface area contributed by atoms with E-state index in [9.17, 15) is 4.79 Å². The number of ketones is 1. The lowest BCUT2D eigenvalue weighted by Crippen LogP contribution is -1.98. The molecule has 0 radical (unpaired) electrons. The van der Waals surface area contributed by atoms with E-state index in [-0.39, 0.29) is 5.78 Å². The maximum absolute atomic E-state index is 10.8. The summed E-state index contributed by atoms with van der Waals surface area (Å²) in [5.74, 6) is 0.155. The molecule has 0 aliphatic rings. The average molecular weight is 242 g/mol. The van der Waals surface area contributed by atoms with Crippen molar-refractivity contribution < 1.29 is 4.79 Å². The van der Waals surface area contributed by atoms with Crippen LogP contribution in [-0.4, -0.2) is 17.3 Å². The molecule has 0 bridgehead atoms. The molecular formula is C14H26OS. The summed E-state index contributed by atoms with van der Waals surface area (Å²) in [4.78, 5) is 10.8. The molecule has 0 saturated heterocycles. The van der Waals surface area contributed by atoms with E-state index in [1.165, 1.54) is 44.9 Å². The van der Waals surface area contributed by atoms with Gasteiger partial charge in [0.25, 0.3) is 0 Å². The summed E-state index contributed by atoms with van der Waals surface area (Å²) in [7, 11) is 0. The zero-order valence-electron chi connectivity index (χ0n) is 11.0. The number of rotatable bonds is 10. The molecule has 0 amide bonds. The second-order valence-corrected chi connectivity index (χ2v) is 5.38. The summed E-state index contributed by atoms with van der Waals surface area (Å²) in [6.45, 7) is 3.86. The number of hydrogen-bond acceptors (Lipinski definition) is 2. The van der Waals surface area contributed by atoms with Crippen molar-refractivity contribution in [3.8, 4) is 0 Å². The fourth-order valence-corrected chi connectivity index (χ4v) is 2.30. The molecule has 0 saturated carbocycles. The minimum absolute atomic E-state index is 0.155. The van der Waals surface area contributed by atoms with Crippen LogP contribution in [0.3, 0.4) is 0 Å². The summed E-state index contributed by atoms with van der Waals surface area (Å²) < 4.78 is 0. The van der Waals surface area contributed by atoms with Crippen molar-refractivity contribution in [3.63, 3.8) is 0 Å². The van der Waals surface area contributed by atoms with Crippen LogP contribution < -0.4 is 0 Å². The zero-order chi connectivity index (χ0) is 12.2. The van der Waals surface area contributed by atoms with E-state index >= 15 is 0 Å². The molecule has 0 aliphatic heterocycles. The van der Waals surface area contributed by atoms with Crippen molar-refractivity contribution in [1.29, 1.82) is 0 Å². The van der Waals surface area contributed by atoms with Crippen molar-refractivity contribution in [2.75, 3.05) is 6.26 Å². The molecule has 0 aliphatic carbocycles. The Morgan fingerprint density at radius 1 is 1.19 bits per heavy atom. The first-order chi connectivity index (χ1) is 7.70. The van der Waals surface area contributed by atoms with Crippen LogP contribution in [0.25, 0.3) is 0 Å². The molecule has 0 aromatic heterocycles. The minimum atomic E-state index is 0.155. The maximum atomic E-state index is 10.8. The number of unbranched alkanes of at least 4 members (excludes halogenated alkanes) is 5. The van der Waals surface area contributed by atoms with E-state index in [4.69, 9.17) is 0 Å². The monoisotopic (exact) mass is 242 g/mol. The lowest BCUT2D eigenvalue weighted by Gasteiger charge is -2.08. The summed E-state index contributed by atoms with van der Waals surface area (Å²) in [6.07, 6.45) is 15.1. The van der Waals surface area contributed by atoms with E-state index in [1.54, 1.807) is 13.0 Å². The Hall–Kier alpha value is -0.240. The number of carbonyl (C=O) groups is 1. The molecule has 0 fully saturated rings. The summed E-state index contributed by atoms with van der Waals surface area (Å²) >= 11 is 1.84. The first-order valence-corrected chi connectivity index (χ1v) is 7.71. The third-order valence-corrected chi connectivity index (χ3v) is 3.69. The Labute approximate surface area is 105 Å². The van der Waals surface area contributed by atoms with Gasteiger partial charge in [0.2, 0.25) is 0 Å². The molecule has 0 rings (SSSR count). The third kappa shape index (κ3) is 10.3. The van der Waals surface area contributed by atoms with Gasteiger partial charge in [0.05, 0.1) is 0 Å². The number of carbonyl (C=O) groups excluding carboxylic acids is 1. The smallest absolute Gasteiger partial charge is 0.152 e. The lowest BCUT2D eigenvalue weighted by atomic mass is 10.1. The highest BCUT2D eigenvalue weighted by Gasteiger charge is 2.02. The molecule has 16 heavy (non-hydrogen) atoms. The van der Waals surface area contributed by atoms with Crippen LogP contribution in [0.2, 0.25) is 0 Å². The summed E-state index contributed by atoms with van der Waals surface area (Å²) in [6, 6.07) is 0. The Balaban J connectivity index is 3.51. The van der Waals surface area contributed by atoms with Crippen LogP contribution in [0.1, 0.15) is 58.8 Å². The maximum Gasteiger partial charge on any atom is 0.152 e. The van der Waals surface area contributed by atoms with Crippen molar-refractivity contribution in [2.45, 2.75) is 64.0 Å². The molecule has 0 aromatic rings. The fraction of sp³-hybridized carbons (Fsp3) is 0.786. The minimum Gasteiger partial charge on any atom is -0.295 e. The second-order valence-electron chi connectivity index (χ2n) is 4.30. The number of hydrogen-bond donors (Lipinski definition) is 0. The SMILES string of the molecule is CCCCCCCCC(/C=C/C(C)=O)SC. The normalized spacial score (nSPS) is 13.2. The molecule has 1 unspecified atom stereocenters. The third-order valence-electron chi connectivity index (χ3n) is 2.69. The summed E-state index contributed by atoms with van der Waals surface area (Å²) in [5, 5.41) is 0.523. The van der Waals surface area contributed by atoms with Crippen LogP contribution in [0.5, 0.6) is 0 Å². The lowest BCUT2D eigenvalue weighted by molar-refractivity contribution is -0.112. The predicted octanol–water partition coefficient (Wildman–Crippen LogP) is 4.61. The Bertz CT molecular complexity index is 199. The van der Waals surface area contributed by atoms with Crippen LogP contribution in [-0.2, 0) is 4.79 Å². The first kappa shape index (κ1) is 15.8. The van der Waals surface area contributed by atoms with Gasteiger partial charge in [0, 0.05) is 5.25 Å². The topological polar surface area (TPSA) is 17.1 Å². The van der Waals surface area contributed by atoms with Gasteiger partial charge in [-0.05, 0) is 25.7 Å². The highest BCUT2D eigenvalue weighted by molar-refractivity contribution is 7.99. The van der Waals surface area contributed by atoms with E-state index in [0.717, 1.165) is 0 Å². The van der Waals surface area contributed by atoms with Crippen LogP contribution in [0.4, 0.5) is 0 Å². The van der Waals surface area contributed by atoms with Crippen molar-refractivity contribution in [3.05, 3.63) is 12.2 Å². The number of allylic oxidation sites excluding steroid dienone is 1. The second kappa shape index (κ2) is 11.3. The molecule has 94 valence electrons. The fourth-order valence-electron chi connectivity index (χ4n) is 1.66. The van der Waals surface area contributed by atoms with Gasteiger partial charge in [-0.2, -0.15) is 11.8 Å². The van der Waals surface area contributed by atoms with E-state index < -0.39 is 0 Å². The highest BCUT2D eigenvalue weighted by Crippen LogP contribution is 2.17. The molecular weight excluding hydrogens is 216 g/mol. The molecule has 1 nitrogen and oxygen atoms in total. The van der Waals surface area contributed by atoms with Gasteiger partial charge in [-0.15, -0.1) is 0 Å². The van der Waals surface area contributed by atoms with Gasteiger partial charge >= 0.3 is 0 Å². The van der Waals surface area contributed by atoms with Crippen LogP contribution in [0.15, 0.2) is 12.2 Å². The predicted molar refractivity (Wildman–Crippen MR) is 75.1 cm³/mol. The molecule has 2 heteroatoms. The number of thioether (sulfide) groups is 1. The molecule has 1 atom stereocenters. The highest BCUT2D eigenvalue weighted by atomic mass is 32.2. The van der Waals surface area contributed by atoms with Crippen molar-refractivity contribution in [1.82, 2.24) is 0 Å². The molecule has 0 spiro atoms. The largest absolute Gasteiger partial charge is 0.295 e. The first-order valence-electron chi connectivity index (χ1n) is 6.42. The van der Waals surface area contributed by atoms with Gasteiger partial charge < -0.3 is 0 Å². The van der Waals surface area contributed by atoms with Crippen molar-refractivity contribution in [2.24, 2.45) is 0 Å². The molecule has 0 N–H and O–H groups in total. The molecule has 0 aromatic carbocycles. The van der Waals surface area contributed by atoms with Gasteiger partial charge in [-0.3, -0.25) is 4.79 Å². The van der Waals surface area contributed by atoms with E-state index in [2.05, 4.69) is 19.3 Å². The van der Waals surface area contributed by atoms with Gasteiger partial charge in [0.1, 0.15) is 0 Å². The Morgan fingerprint density at radius 2 is 1.81 bits per heavy atom. The average Bonchev–Trinajstić information content (AvgIpc) is 2.27. The van der Waals surface area contributed by atoms with E-state index in [1.807, 2.05) is 11.8 Å². The summed E-state index contributed by atoms with van der Waals surface area (Å²) in [5.41, 5.74) is 0. The Morgan fingerprint density at radius 3 is 2.38 bits per heavy atom. The van der Waals surface area contributed by atoms with Crippen molar-refractivity contribution >= 4 is 17.5 Å². The van der Waals surface area contributed by atoms with Gasteiger partial charge in [-0.25, -0.2) is 0 Å².